The van der Waals surface area contributed by atoms with Crippen LogP contribution in [0.25, 0.3) is 0 Å². The monoisotopic (exact) mass is 279 g/mol. The third-order valence-electron chi connectivity index (χ3n) is 3.42. The van der Waals surface area contributed by atoms with Crippen molar-refractivity contribution in [2.75, 3.05) is 20.8 Å². The Morgan fingerprint density at radius 1 is 1.40 bits per heavy atom. The van der Waals surface area contributed by atoms with E-state index < -0.39 is 11.9 Å². The van der Waals surface area contributed by atoms with Gasteiger partial charge in [-0.05, 0) is 12.1 Å². The van der Waals surface area contributed by atoms with Crippen molar-refractivity contribution >= 4 is 11.9 Å². The molecule has 1 atom stereocenters. The van der Waals surface area contributed by atoms with Crippen LogP contribution in [0.15, 0.2) is 18.2 Å². The molecule has 1 aliphatic heterocycles. The lowest BCUT2D eigenvalue weighted by Gasteiger charge is -2.18. The quantitative estimate of drug-likeness (QED) is 0.874. The highest BCUT2D eigenvalue weighted by molar-refractivity contribution is 5.86. The van der Waals surface area contributed by atoms with Gasteiger partial charge >= 0.3 is 5.97 Å². The van der Waals surface area contributed by atoms with Gasteiger partial charge in [-0.3, -0.25) is 9.59 Å². The summed E-state index contributed by atoms with van der Waals surface area (Å²) in [6.07, 6.45) is 0.0633. The van der Waals surface area contributed by atoms with Gasteiger partial charge in [0.05, 0.1) is 20.1 Å². The van der Waals surface area contributed by atoms with Crippen LogP contribution >= 0.6 is 0 Å². The maximum atomic E-state index is 11.8. The lowest BCUT2D eigenvalue weighted by atomic mass is 10.1. The van der Waals surface area contributed by atoms with Crippen LogP contribution < -0.4 is 9.47 Å². The number of nitrogens with zero attached hydrogens (tertiary/aromatic N) is 1. The minimum Gasteiger partial charge on any atom is -0.497 e. The van der Waals surface area contributed by atoms with E-state index in [-0.39, 0.29) is 18.9 Å². The Kier molecular flexibility index (Phi) is 4.12. The van der Waals surface area contributed by atoms with Crippen molar-refractivity contribution in [3.8, 4) is 11.5 Å². The highest BCUT2D eigenvalue weighted by Gasteiger charge is 2.34. The molecule has 1 aromatic carbocycles. The number of rotatable bonds is 5. The molecule has 0 bridgehead atoms. The number of carbonyl (C=O) groups excluding carboxylic acids is 1. The average molecular weight is 279 g/mol. The normalized spacial score (nSPS) is 18.2. The number of methoxy groups -OCH3 is 2. The SMILES string of the molecule is COc1ccc(CN2C[C@H](C(=O)O)CC2=O)c(OC)c1. The molecule has 0 saturated carbocycles. The molecule has 1 fully saturated rings. The van der Waals surface area contributed by atoms with E-state index in [2.05, 4.69) is 0 Å². The average Bonchev–Trinajstić information content (AvgIpc) is 2.81. The minimum atomic E-state index is -0.928. The fourth-order valence-electron chi connectivity index (χ4n) is 2.28. The van der Waals surface area contributed by atoms with Crippen LogP contribution in [0.1, 0.15) is 12.0 Å². The van der Waals surface area contributed by atoms with Gasteiger partial charge in [-0.2, -0.15) is 0 Å². The third-order valence-corrected chi connectivity index (χ3v) is 3.42. The molecule has 6 heteroatoms. The van der Waals surface area contributed by atoms with Gasteiger partial charge in [-0.25, -0.2) is 0 Å². The molecule has 6 nitrogen and oxygen atoms in total. The summed E-state index contributed by atoms with van der Waals surface area (Å²) in [5.74, 6) is -0.401. The Labute approximate surface area is 116 Å². The molecule has 0 radical (unpaired) electrons. The molecular weight excluding hydrogens is 262 g/mol. The van der Waals surface area contributed by atoms with Gasteiger partial charge in [0.1, 0.15) is 11.5 Å². The zero-order valence-electron chi connectivity index (χ0n) is 11.5. The predicted octanol–water partition coefficient (Wildman–Crippen LogP) is 1.14. The van der Waals surface area contributed by atoms with Crippen molar-refractivity contribution in [3.05, 3.63) is 23.8 Å². The number of carbonyl (C=O) groups is 2. The molecular formula is C14H17NO5. The first-order valence-corrected chi connectivity index (χ1v) is 6.26. The molecule has 1 N–H and O–H groups in total. The van der Waals surface area contributed by atoms with E-state index in [4.69, 9.17) is 14.6 Å². The van der Waals surface area contributed by atoms with Crippen LogP contribution in [0.4, 0.5) is 0 Å². The number of carboxylic acid groups (broad SMARTS) is 1. The summed E-state index contributed by atoms with van der Waals surface area (Å²) in [5.41, 5.74) is 0.827. The van der Waals surface area contributed by atoms with E-state index in [9.17, 15) is 9.59 Å². The molecule has 1 aliphatic rings. The highest BCUT2D eigenvalue weighted by atomic mass is 16.5. The second-order valence-electron chi connectivity index (χ2n) is 4.69. The second kappa shape index (κ2) is 5.81. The number of hydrogen-bond acceptors (Lipinski definition) is 4. The molecule has 0 aromatic heterocycles. The summed E-state index contributed by atoms with van der Waals surface area (Å²) >= 11 is 0. The number of hydrogen-bond donors (Lipinski definition) is 1. The van der Waals surface area contributed by atoms with Crippen molar-refractivity contribution < 1.29 is 24.2 Å². The summed E-state index contributed by atoms with van der Waals surface area (Å²) in [5, 5.41) is 8.96. The molecule has 1 amide bonds. The zero-order valence-corrected chi connectivity index (χ0v) is 11.5. The lowest BCUT2D eigenvalue weighted by molar-refractivity contribution is -0.141. The van der Waals surface area contributed by atoms with Crippen LogP contribution in [0.2, 0.25) is 0 Å². The molecule has 0 unspecified atom stereocenters. The number of ether oxygens (including phenoxy) is 2. The number of aliphatic carboxylic acids is 1. The summed E-state index contributed by atoms with van der Waals surface area (Å²) in [6, 6.07) is 5.34. The van der Waals surface area contributed by atoms with Gasteiger partial charge < -0.3 is 19.5 Å². The van der Waals surface area contributed by atoms with E-state index in [1.54, 1.807) is 31.3 Å². The van der Waals surface area contributed by atoms with Gasteiger partial charge in [0.25, 0.3) is 0 Å². The largest absolute Gasteiger partial charge is 0.497 e. The zero-order chi connectivity index (χ0) is 14.7. The van der Waals surface area contributed by atoms with Gasteiger partial charge in [0, 0.05) is 31.1 Å². The van der Waals surface area contributed by atoms with E-state index in [0.29, 0.717) is 18.0 Å². The number of likely N-dealkylation sites (tertiary alicyclic amines) is 1. The second-order valence-corrected chi connectivity index (χ2v) is 4.69. The standard InChI is InChI=1S/C14H17NO5/c1-19-11-4-3-9(12(6-11)20-2)7-15-8-10(14(17)18)5-13(15)16/h3-4,6,10H,5,7-8H2,1-2H3,(H,17,18)/t10-/m1/s1. The molecule has 0 aliphatic carbocycles. The van der Waals surface area contributed by atoms with Gasteiger partial charge in [0.15, 0.2) is 0 Å². The number of carboxylic acids is 1. The maximum absolute atomic E-state index is 11.8. The van der Waals surface area contributed by atoms with Gasteiger partial charge in [-0.1, -0.05) is 0 Å². The van der Waals surface area contributed by atoms with E-state index >= 15 is 0 Å². The minimum absolute atomic E-state index is 0.0633. The predicted molar refractivity (Wildman–Crippen MR) is 70.7 cm³/mol. The lowest BCUT2D eigenvalue weighted by Crippen LogP contribution is -2.26. The van der Waals surface area contributed by atoms with Crippen LogP contribution in [0.5, 0.6) is 11.5 Å². The van der Waals surface area contributed by atoms with Gasteiger partial charge in [0.2, 0.25) is 5.91 Å². The Morgan fingerprint density at radius 3 is 2.70 bits per heavy atom. The topological polar surface area (TPSA) is 76.1 Å². The smallest absolute Gasteiger partial charge is 0.308 e. The summed E-state index contributed by atoms with van der Waals surface area (Å²) in [6.45, 7) is 0.582. The fraction of sp³-hybridized carbons (Fsp3) is 0.429. The van der Waals surface area contributed by atoms with E-state index in [1.165, 1.54) is 0 Å². The summed E-state index contributed by atoms with van der Waals surface area (Å²) < 4.78 is 10.4. The summed E-state index contributed by atoms with van der Waals surface area (Å²) in [4.78, 5) is 24.3. The first-order valence-electron chi connectivity index (χ1n) is 6.26. The molecule has 0 spiro atoms. The molecule has 1 aromatic rings. The summed E-state index contributed by atoms with van der Waals surface area (Å²) in [7, 11) is 3.11. The van der Waals surface area contributed by atoms with Crippen LogP contribution in [-0.2, 0) is 16.1 Å². The molecule has 108 valence electrons. The molecule has 20 heavy (non-hydrogen) atoms. The Balaban J connectivity index is 2.14. The first-order chi connectivity index (χ1) is 9.55. The van der Waals surface area contributed by atoms with Crippen molar-refractivity contribution in [2.24, 2.45) is 5.92 Å². The molecule has 1 saturated heterocycles. The number of benzene rings is 1. The highest BCUT2D eigenvalue weighted by Crippen LogP contribution is 2.28. The van der Waals surface area contributed by atoms with Crippen LogP contribution in [0, 0.1) is 5.92 Å². The molecule has 1 heterocycles. The maximum Gasteiger partial charge on any atom is 0.308 e. The van der Waals surface area contributed by atoms with Gasteiger partial charge in [-0.15, -0.1) is 0 Å². The van der Waals surface area contributed by atoms with Crippen molar-refractivity contribution in [1.29, 1.82) is 0 Å². The van der Waals surface area contributed by atoms with Crippen LogP contribution in [0.3, 0.4) is 0 Å². The fourth-order valence-corrected chi connectivity index (χ4v) is 2.28. The Bertz CT molecular complexity index is 528. The van der Waals surface area contributed by atoms with E-state index in [0.717, 1.165) is 5.56 Å². The van der Waals surface area contributed by atoms with Crippen molar-refractivity contribution in [3.63, 3.8) is 0 Å². The molecule has 2 rings (SSSR count). The first kappa shape index (κ1) is 14.2. The Morgan fingerprint density at radius 2 is 2.15 bits per heavy atom. The van der Waals surface area contributed by atoms with Crippen LogP contribution in [-0.4, -0.2) is 42.6 Å². The van der Waals surface area contributed by atoms with Crippen molar-refractivity contribution in [2.45, 2.75) is 13.0 Å². The number of amides is 1. The van der Waals surface area contributed by atoms with Crippen molar-refractivity contribution in [1.82, 2.24) is 4.90 Å². The Hall–Kier alpha value is -2.24. The third kappa shape index (κ3) is 2.84. The van der Waals surface area contributed by atoms with E-state index in [1.807, 2.05) is 6.07 Å².